The van der Waals surface area contributed by atoms with Crippen molar-refractivity contribution in [2.45, 2.75) is 36.8 Å². The number of benzene rings is 3. The lowest BCUT2D eigenvalue weighted by Gasteiger charge is -2.29. The van der Waals surface area contributed by atoms with E-state index in [1.807, 2.05) is 0 Å². The summed E-state index contributed by atoms with van der Waals surface area (Å²) in [4.78, 5) is 10.7. The highest BCUT2D eigenvalue weighted by atomic mass is 35.5. The molecule has 1 aromatic heterocycles. The minimum atomic E-state index is -4.30. The fourth-order valence-electron chi connectivity index (χ4n) is 5.43. The number of ether oxygens (including phenoxy) is 1. The van der Waals surface area contributed by atoms with Gasteiger partial charge in [-0.15, -0.1) is 0 Å². The minimum Gasteiger partial charge on any atom is -0.489 e. The molecule has 2 aliphatic rings. The summed E-state index contributed by atoms with van der Waals surface area (Å²) in [5.74, 6) is -1.07. The van der Waals surface area contributed by atoms with Crippen molar-refractivity contribution in [3.63, 3.8) is 0 Å². The number of sulfonamides is 1. The Kier molecular flexibility index (Phi) is 7.42. The van der Waals surface area contributed by atoms with Crippen LogP contribution in [0.5, 0.6) is 5.75 Å². The van der Waals surface area contributed by atoms with Crippen molar-refractivity contribution < 1.29 is 27.0 Å². The Balaban J connectivity index is 1.33. The van der Waals surface area contributed by atoms with Crippen LogP contribution in [0.2, 0.25) is 5.02 Å². The number of aromatic nitrogens is 2. The smallest absolute Gasteiger partial charge is 0.265 e. The van der Waals surface area contributed by atoms with Gasteiger partial charge in [0.25, 0.3) is 10.0 Å². The molecule has 13 heteroatoms. The topological polar surface area (TPSA) is 117 Å². The fourth-order valence-corrected chi connectivity index (χ4v) is 7.05. The third-order valence-electron chi connectivity index (χ3n) is 7.76. The standard InChI is InChI=1S/C29H28ClF2N5O4S/c1-15-22(36-42(39,40)25-12-16(30)11-19-24(38)14-41-28(19)25)6-4-21(31)26(15)18-3-5-23-20(27(18)32)13-33-29(35-23)34-17-7-9-37(2)10-8-17/h3-6,11-13,17,24,36,38H,7-10,14H2,1-2H3,(H,33,34,35)/t24-/m1/s1. The first kappa shape index (κ1) is 28.5. The quantitative estimate of drug-likeness (QED) is 0.269. The van der Waals surface area contributed by atoms with Crippen molar-refractivity contribution in [1.29, 1.82) is 0 Å². The van der Waals surface area contributed by atoms with Crippen molar-refractivity contribution in [1.82, 2.24) is 14.9 Å². The maximum Gasteiger partial charge on any atom is 0.265 e. The van der Waals surface area contributed by atoms with Gasteiger partial charge >= 0.3 is 0 Å². The first-order valence-corrected chi connectivity index (χ1v) is 15.2. The summed E-state index contributed by atoms with van der Waals surface area (Å²) in [6.07, 6.45) is 2.23. The Morgan fingerprint density at radius 2 is 1.90 bits per heavy atom. The summed E-state index contributed by atoms with van der Waals surface area (Å²) >= 11 is 6.12. The Morgan fingerprint density at radius 3 is 2.67 bits per heavy atom. The third-order valence-corrected chi connectivity index (χ3v) is 9.35. The second-order valence-corrected chi connectivity index (χ2v) is 12.7. The van der Waals surface area contributed by atoms with Crippen LogP contribution < -0.4 is 14.8 Å². The van der Waals surface area contributed by atoms with E-state index in [9.17, 15) is 13.5 Å². The molecule has 0 amide bonds. The van der Waals surface area contributed by atoms with Crippen LogP contribution >= 0.6 is 11.6 Å². The highest BCUT2D eigenvalue weighted by Gasteiger charge is 2.32. The number of nitrogens with zero attached hydrogens (tertiary/aromatic N) is 3. The van der Waals surface area contributed by atoms with Crippen molar-refractivity contribution in [2.24, 2.45) is 0 Å². The SMILES string of the molecule is Cc1c(NS(=O)(=O)c2cc(Cl)cc3c2OC[C@H]3O)ccc(F)c1-c1ccc2nc(NC3CCN(C)CC3)ncc2c1F. The maximum absolute atomic E-state index is 15.8. The van der Waals surface area contributed by atoms with E-state index in [1.165, 1.54) is 37.4 Å². The predicted octanol–water partition coefficient (Wildman–Crippen LogP) is 5.27. The zero-order chi connectivity index (χ0) is 29.8. The molecule has 0 saturated carbocycles. The summed E-state index contributed by atoms with van der Waals surface area (Å²) < 4.78 is 65.8. The molecule has 4 aromatic rings. The molecule has 2 aliphatic heterocycles. The molecule has 9 nitrogen and oxygen atoms in total. The minimum absolute atomic E-state index is 0.00959. The van der Waals surface area contributed by atoms with E-state index in [2.05, 4.69) is 32.0 Å². The normalized spacial score (nSPS) is 17.7. The van der Waals surface area contributed by atoms with Gasteiger partial charge in [-0.05, 0) is 81.9 Å². The molecule has 220 valence electrons. The number of aliphatic hydroxyl groups excluding tert-OH is 1. The van der Waals surface area contributed by atoms with E-state index >= 15 is 8.78 Å². The molecule has 0 unspecified atom stereocenters. The summed E-state index contributed by atoms with van der Waals surface area (Å²) in [6, 6.07) is 8.20. The van der Waals surface area contributed by atoms with Crippen molar-refractivity contribution in [3.8, 4) is 16.9 Å². The predicted molar refractivity (Wildman–Crippen MR) is 156 cm³/mol. The van der Waals surface area contributed by atoms with Gasteiger partial charge in [-0.3, -0.25) is 4.72 Å². The van der Waals surface area contributed by atoms with Crippen LogP contribution in [0.3, 0.4) is 0 Å². The molecule has 0 aliphatic carbocycles. The Bertz CT molecular complexity index is 1820. The Labute approximate surface area is 246 Å². The Morgan fingerprint density at radius 1 is 1.14 bits per heavy atom. The molecular weight excluding hydrogens is 588 g/mol. The highest BCUT2D eigenvalue weighted by molar-refractivity contribution is 7.92. The van der Waals surface area contributed by atoms with Crippen LogP contribution in [-0.2, 0) is 10.0 Å². The van der Waals surface area contributed by atoms with Crippen LogP contribution in [0.4, 0.5) is 20.4 Å². The number of piperidine rings is 1. The molecule has 0 spiro atoms. The first-order chi connectivity index (χ1) is 20.0. The van der Waals surface area contributed by atoms with Crippen LogP contribution in [0.15, 0.2) is 47.5 Å². The molecular formula is C29H28ClF2N5O4S. The summed E-state index contributed by atoms with van der Waals surface area (Å²) in [6.45, 7) is 3.30. The highest BCUT2D eigenvalue weighted by Crippen LogP contribution is 2.42. The van der Waals surface area contributed by atoms with Gasteiger partial charge in [0, 0.05) is 34.0 Å². The van der Waals surface area contributed by atoms with Crippen molar-refractivity contribution in [2.75, 3.05) is 36.8 Å². The summed E-state index contributed by atoms with van der Waals surface area (Å²) in [7, 11) is -2.23. The second kappa shape index (κ2) is 10.9. The average Bonchev–Trinajstić information content (AvgIpc) is 3.32. The molecule has 3 N–H and O–H groups in total. The van der Waals surface area contributed by atoms with Gasteiger partial charge in [0.2, 0.25) is 5.95 Å². The van der Waals surface area contributed by atoms with Gasteiger partial charge < -0.3 is 20.1 Å². The van der Waals surface area contributed by atoms with Gasteiger partial charge in [0.15, 0.2) is 0 Å². The van der Waals surface area contributed by atoms with Crippen molar-refractivity contribution >= 4 is 44.2 Å². The molecule has 0 bridgehead atoms. The molecule has 3 heterocycles. The number of likely N-dealkylation sites (tertiary alicyclic amines) is 1. The molecule has 0 radical (unpaired) electrons. The number of anilines is 2. The lowest BCUT2D eigenvalue weighted by Crippen LogP contribution is -2.37. The largest absolute Gasteiger partial charge is 0.489 e. The zero-order valence-corrected chi connectivity index (χ0v) is 24.4. The molecule has 1 fully saturated rings. The van der Waals surface area contributed by atoms with Gasteiger partial charge in [-0.1, -0.05) is 11.6 Å². The van der Waals surface area contributed by atoms with E-state index in [0.29, 0.717) is 11.5 Å². The molecule has 1 atom stereocenters. The van der Waals surface area contributed by atoms with E-state index < -0.39 is 27.8 Å². The molecule has 6 rings (SSSR count). The molecule has 1 saturated heterocycles. The molecule has 3 aromatic carbocycles. The van der Waals surface area contributed by atoms with E-state index in [4.69, 9.17) is 16.3 Å². The van der Waals surface area contributed by atoms with Gasteiger partial charge in [0.05, 0.1) is 16.6 Å². The first-order valence-electron chi connectivity index (χ1n) is 13.4. The van der Waals surface area contributed by atoms with Gasteiger partial charge in [-0.25, -0.2) is 27.2 Å². The van der Waals surface area contributed by atoms with Crippen molar-refractivity contribution in [3.05, 3.63) is 70.4 Å². The second-order valence-electron chi connectivity index (χ2n) is 10.6. The van der Waals surface area contributed by atoms with Gasteiger partial charge in [-0.2, -0.15) is 0 Å². The number of rotatable bonds is 6. The van der Waals surface area contributed by atoms with Crippen LogP contribution in [-0.4, -0.2) is 61.2 Å². The lowest BCUT2D eigenvalue weighted by molar-refractivity contribution is 0.140. The number of halogens is 3. The monoisotopic (exact) mass is 615 g/mol. The van der Waals surface area contributed by atoms with Crippen LogP contribution in [0, 0.1) is 18.6 Å². The summed E-state index contributed by atoms with van der Waals surface area (Å²) in [5.41, 5.74) is 0.641. The molecule has 42 heavy (non-hydrogen) atoms. The van der Waals surface area contributed by atoms with E-state index in [0.717, 1.165) is 32.0 Å². The lowest BCUT2D eigenvalue weighted by atomic mass is 9.97. The average molecular weight is 616 g/mol. The summed E-state index contributed by atoms with van der Waals surface area (Å²) in [5, 5.41) is 13.7. The number of hydrogen-bond donors (Lipinski definition) is 3. The number of hydrogen-bond acceptors (Lipinski definition) is 8. The van der Waals surface area contributed by atoms with Crippen LogP contribution in [0.1, 0.15) is 30.1 Å². The third kappa shape index (κ3) is 5.24. The van der Waals surface area contributed by atoms with Crippen LogP contribution in [0.25, 0.3) is 22.0 Å². The number of fused-ring (bicyclic) bond motifs is 2. The van der Waals surface area contributed by atoms with E-state index in [1.54, 1.807) is 6.07 Å². The Hall–Kier alpha value is -3.58. The number of nitrogens with one attached hydrogen (secondary N) is 2. The fraction of sp³-hybridized carbons (Fsp3) is 0.310. The zero-order valence-electron chi connectivity index (χ0n) is 22.8. The maximum atomic E-state index is 15.8. The van der Waals surface area contributed by atoms with E-state index in [-0.39, 0.29) is 61.6 Å². The van der Waals surface area contributed by atoms with Gasteiger partial charge in [0.1, 0.15) is 35.0 Å². The number of aliphatic hydroxyl groups is 1.